The standard InChI is InChI=1S/C8H9N2O/c1-7(11)10(2)8-5-3-4-6-9-8/h3-6H,2H2,1H3. The van der Waals surface area contributed by atoms with Crippen LogP contribution in [-0.4, -0.2) is 10.9 Å². The molecule has 1 amide bonds. The van der Waals surface area contributed by atoms with Crippen molar-refractivity contribution in [3.63, 3.8) is 0 Å². The van der Waals surface area contributed by atoms with Gasteiger partial charge in [0.2, 0.25) is 5.91 Å². The van der Waals surface area contributed by atoms with Gasteiger partial charge in [0.05, 0.1) is 0 Å². The van der Waals surface area contributed by atoms with E-state index in [-0.39, 0.29) is 5.91 Å². The van der Waals surface area contributed by atoms with Crippen molar-refractivity contribution in [2.24, 2.45) is 0 Å². The van der Waals surface area contributed by atoms with Gasteiger partial charge in [-0.05, 0) is 12.1 Å². The molecule has 0 unspecified atom stereocenters. The lowest BCUT2D eigenvalue weighted by Crippen LogP contribution is -2.20. The third kappa shape index (κ3) is 1.77. The van der Waals surface area contributed by atoms with E-state index in [1.54, 1.807) is 18.3 Å². The summed E-state index contributed by atoms with van der Waals surface area (Å²) in [5, 5.41) is 0. The monoisotopic (exact) mass is 149 g/mol. The number of hydrogen-bond donors (Lipinski definition) is 0. The smallest absolute Gasteiger partial charge is 0.225 e. The molecule has 0 N–H and O–H groups in total. The molecule has 0 aromatic carbocycles. The van der Waals surface area contributed by atoms with E-state index in [1.165, 1.54) is 11.8 Å². The average Bonchev–Trinajstić information content (AvgIpc) is 2.05. The number of amides is 1. The summed E-state index contributed by atoms with van der Waals surface area (Å²) in [6, 6.07) is 5.33. The lowest BCUT2D eigenvalue weighted by Gasteiger charge is -2.11. The first-order valence-electron chi connectivity index (χ1n) is 3.24. The second kappa shape index (κ2) is 3.14. The van der Waals surface area contributed by atoms with Crippen LogP contribution in [0.2, 0.25) is 0 Å². The van der Waals surface area contributed by atoms with E-state index in [4.69, 9.17) is 0 Å². The van der Waals surface area contributed by atoms with Gasteiger partial charge in [-0.1, -0.05) is 6.07 Å². The van der Waals surface area contributed by atoms with Crippen molar-refractivity contribution in [2.45, 2.75) is 6.92 Å². The summed E-state index contributed by atoms with van der Waals surface area (Å²) in [6.07, 6.45) is 1.62. The molecule has 1 rings (SSSR count). The lowest BCUT2D eigenvalue weighted by molar-refractivity contribution is -0.116. The van der Waals surface area contributed by atoms with Crippen LogP contribution in [0.5, 0.6) is 0 Å². The summed E-state index contributed by atoms with van der Waals surface area (Å²) < 4.78 is 0. The van der Waals surface area contributed by atoms with E-state index in [0.717, 1.165) is 0 Å². The fourth-order valence-electron chi connectivity index (χ4n) is 0.675. The molecule has 1 aromatic heterocycles. The molecule has 0 bridgehead atoms. The summed E-state index contributed by atoms with van der Waals surface area (Å²) in [4.78, 5) is 16.0. The zero-order valence-electron chi connectivity index (χ0n) is 6.32. The van der Waals surface area contributed by atoms with Crippen LogP contribution in [0.3, 0.4) is 0 Å². The molecule has 0 saturated heterocycles. The number of nitrogens with zero attached hydrogens (tertiary/aromatic N) is 2. The predicted molar refractivity (Wildman–Crippen MR) is 42.8 cm³/mol. The first-order valence-corrected chi connectivity index (χ1v) is 3.24. The van der Waals surface area contributed by atoms with Crippen molar-refractivity contribution >= 4 is 11.7 Å². The van der Waals surface area contributed by atoms with Crippen LogP contribution in [-0.2, 0) is 4.79 Å². The first-order chi connectivity index (χ1) is 5.22. The summed E-state index contributed by atoms with van der Waals surface area (Å²) in [5.74, 6) is 0.448. The number of carbonyl (C=O) groups excluding carboxylic acids is 1. The highest BCUT2D eigenvalue weighted by atomic mass is 16.2. The molecule has 0 saturated carbocycles. The van der Waals surface area contributed by atoms with Crippen molar-refractivity contribution in [1.29, 1.82) is 0 Å². The molecular weight excluding hydrogens is 140 g/mol. The number of pyridine rings is 1. The average molecular weight is 149 g/mol. The highest BCUT2D eigenvalue weighted by molar-refractivity contribution is 5.90. The van der Waals surface area contributed by atoms with E-state index in [0.29, 0.717) is 5.82 Å². The second-order valence-electron chi connectivity index (χ2n) is 2.13. The van der Waals surface area contributed by atoms with Crippen molar-refractivity contribution < 1.29 is 4.79 Å². The molecule has 57 valence electrons. The first kappa shape index (κ1) is 7.72. The molecule has 0 fully saturated rings. The van der Waals surface area contributed by atoms with Gasteiger partial charge in [0.15, 0.2) is 0 Å². The molecule has 0 aliphatic rings. The zero-order chi connectivity index (χ0) is 8.27. The second-order valence-corrected chi connectivity index (χ2v) is 2.13. The molecule has 3 nitrogen and oxygen atoms in total. The largest absolute Gasteiger partial charge is 0.295 e. The highest BCUT2D eigenvalue weighted by Crippen LogP contribution is 2.06. The molecule has 1 heterocycles. The Kier molecular flexibility index (Phi) is 2.21. The highest BCUT2D eigenvalue weighted by Gasteiger charge is 2.04. The lowest BCUT2D eigenvalue weighted by atomic mass is 10.4. The Morgan fingerprint density at radius 1 is 1.64 bits per heavy atom. The van der Waals surface area contributed by atoms with Crippen LogP contribution in [0.25, 0.3) is 0 Å². The van der Waals surface area contributed by atoms with Crippen molar-refractivity contribution in [1.82, 2.24) is 4.98 Å². The maximum Gasteiger partial charge on any atom is 0.225 e. The fraction of sp³-hybridized carbons (Fsp3) is 0.125. The maximum atomic E-state index is 10.8. The quantitative estimate of drug-likeness (QED) is 0.601. The van der Waals surface area contributed by atoms with Gasteiger partial charge in [0.1, 0.15) is 5.82 Å². The van der Waals surface area contributed by atoms with Gasteiger partial charge in [-0.3, -0.25) is 9.69 Å². The van der Waals surface area contributed by atoms with E-state index >= 15 is 0 Å². The van der Waals surface area contributed by atoms with E-state index in [2.05, 4.69) is 12.0 Å². The normalized spacial score (nSPS) is 9.27. The number of aromatic nitrogens is 1. The molecule has 0 atom stereocenters. The molecule has 0 aliphatic heterocycles. The van der Waals surface area contributed by atoms with Crippen molar-refractivity contribution in [2.75, 3.05) is 4.90 Å². The molecule has 3 heteroatoms. The van der Waals surface area contributed by atoms with Crippen LogP contribution in [0.1, 0.15) is 6.92 Å². The summed E-state index contributed by atoms with van der Waals surface area (Å²) >= 11 is 0. The van der Waals surface area contributed by atoms with Crippen molar-refractivity contribution in [3.8, 4) is 0 Å². The Balaban J connectivity index is 2.85. The molecule has 11 heavy (non-hydrogen) atoms. The zero-order valence-corrected chi connectivity index (χ0v) is 6.32. The molecule has 0 aliphatic carbocycles. The molecular formula is C8H9N2O. The SMILES string of the molecule is [CH2]N(C(C)=O)c1ccccn1. The van der Waals surface area contributed by atoms with Gasteiger partial charge in [-0.25, -0.2) is 4.98 Å². The minimum Gasteiger partial charge on any atom is -0.295 e. The predicted octanol–water partition coefficient (Wildman–Crippen LogP) is 1.23. The van der Waals surface area contributed by atoms with Gasteiger partial charge in [-0.15, -0.1) is 0 Å². The number of carbonyl (C=O) groups is 1. The van der Waals surface area contributed by atoms with E-state index < -0.39 is 0 Å². The van der Waals surface area contributed by atoms with Gasteiger partial charge >= 0.3 is 0 Å². The number of hydrogen-bond acceptors (Lipinski definition) is 2. The van der Waals surface area contributed by atoms with Crippen LogP contribution < -0.4 is 4.90 Å². The topological polar surface area (TPSA) is 33.2 Å². The number of anilines is 1. The Morgan fingerprint density at radius 2 is 2.36 bits per heavy atom. The van der Waals surface area contributed by atoms with Gasteiger partial charge in [0, 0.05) is 20.2 Å². The van der Waals surface area contributed by atoms with E-state index in [9.17, 15) is 4.79 Å². The minimum atomic E-state index is -0.122. The summed E-state index contributed by atoms with van der Waals surface area (Å²) in [7, 11) is 3.53. The third-order valence-electron chi connectivity index (χ3n) is 1.31. The third-order valence-corrected chi connectivity index (χ3v) is 1.31. The summed E-state index contributed by atoms with van der Waals surface area (Å²) in [5.41, 5.74) is 0. The van der Waals surface area contributed by atoms with Gasteiger partial charge in [-0.2, -0.15) is 0 Å². The van der Waals surface area contributed by atoms with Gasteiger partial charge in [0.25, 0.3) is 0 Å². The van der Waals surface area contributed by atoms with Crippen LogP contribution in [0, 0.1) is 7.05 Å². The maximum absolute atomic E-state index is 10.8. The molecule has 1 radical (unpaired) electrons. The van der Waals surface area contributed by atoms with Crippen LogP contribution >= 0.6 is 0 Å². The minimum absolute atomic E-state index is 0.122. The van der Waals surface area contributed by atoms with Crippen molar-refractivity contribution in [3.05, 3.63) is 31.4 Å². The Morgan fingerprint density at radius 3 is 2.82 bits per heavy atom. The Labute approximate surface area is 65.7 Å². The van der Waals surface area contributed by atoms with E-state index in [1.807, 2.05) is 6.07 Å². The number of rotatable bonds is 1. The Bertz CT molecular complexity index is 246. The Hall–Kier alpha value is -1.38. The van der Waals surface area contributed by atoms with Crippen LogP contribution in [0.4, 0.5) is 5.82 Å². The molecule has 1 aromatic rings. The van der Waals surface area contributed by atoms with Gasteiger partial charge < -0.3 is 0 Å². The molecule has 0 spiro atoms. The fourth-order valence-corrected chi connectivity index (χ4v) is 0.675. The summed E-state index contributed by atoms with van der Waals surface area (Å²) in [6.45, 7) is 1.45. The van der Waals surface area contributed by atoms with Crippen LogP contribution in [0.15, 0.2) is 24.4 Å².